The van der Waals surface area contributed by atoms with Crippen molar-refractivity contribution >= 4 is 5.91 Å². The minimum atomic E-state index is -1.58. The molecule has 0 saturated carbocycles. The first-order valence-corrected chi connectivity index (χ1v) is 4.98. The third-order valence-electron chi connectivity index (χ3n) is 2.06. The van der Waals surface area contributed by atoms with E-state index in [-0.39, 0.29) is 5.56 Å². The van der Waals surface area contributed by atoms with Crippen LogP contribution in [0.3, 0.4) is 0 Å². The molecule has 0 saturated heterocycles. The smallest absolute Gasteiger partial charge is 0.251 e. The van der Waals surface area contributed by atoms with E-state index < -0.39 is 23.4 Å². The van der Waals surface area contributed by atoms with Gasteiger partial charge in [-0.25, -0.2) is 13.2 Å². The highest BCUT2D eigenvalue weighted by molar-refractivity contribution is 5.94. The number of carbonyl (C=O) groups is 1. The van der Waals surface area contributed by atoms with Crippen molar-refractivity contribution in [2.24, 2.45) is 0 Å². The van der Waals surface area contributed by atoms with Crippen molar-refractivity contribution in [1.29, 1.82) is 0 Å². The minimum absolute atomic E-state index is 0.251. The van der Waals surface area contributed by atoms with Gasteiger partial charge in [-0.15, -0.1) is 0 Å². The van der Waals surface area contributed by atoms with E-state index >= 15 is 0 Å². The van der Waals surface area contributed by atoms with E-state index in [0.29, 0.717) is 31.7 Å². The summed E-state index contributed by atoms with van der Waals surface area (Å²) in [6, 6.07) is 1.31. The van der Waals surface area contributed by atoms with Crippen LogP contribution >= 0.6 is 0 Å². The van der Waals surface area contributed by atoms with Gasteiger partial charge in [-0.3, -0.25) is 4.79 Å². The molecule has 6 heteroatoms. The van der Waals surface area contributed by atoms with Crippen LogP contribution in [0.5, 0.6) is 0 Å². The van der Waals surface area contributed by atoms with E-state index in [1.165, 1.54) is 7.11 Å². The van der Waals surface area contributed by atoms with Crippen LogP contribution in [-0.2, 0) is 4.74 Å². The Morgan fingerprint density at radius 2 is 1.88 bits per heavy atom. The number of benzene rings is 1. The van der Waals surface area contributed by atoms with E-state index in [9.17, 15) is 18.0 Å². The van der Waals surface area contributed by atoms with Crippen LogP contribution in [0.15, 0.2) is 12.1 Å². The molecule has 0 unspecified atom stereocenters. The van der Waals surface area contributed by atoms with Gasteiger partial charge in [-0.1, -0.05) is 0 Å². The Balaban J connectivity index is 2.63. The molecule has 1 aromatic rings. The van der Waals surface area contributed by atoms with Crippen LogP contribution in [0.1, 0.15) is 16.8 Å². The van der Waals surface area contributed by atoms with Crippen LogP contribution in [0.25, 0.3) is 0 Å². The van der Waals surface area contributed by atoms with Crippen molar-refractivity contribution < 1.29 is 22.7 Å². The van der Waals surface area contributed by atoms with Gasteiger partial charge in [0.2, 0.25) is 0 Å². The molecular weight excluding hydrogens is 235 g/mol. The van der Waals surface area contributed by atoms with E-state index in [1.54, 1.807) is 0 Å². The fraction of sp³-hybridized carbons (Fsp3) is 0.364. The lowest BCUT2D eigenvalue weighted by molar-refractivity contribution is 0.0947. The first kappa shape index (κ1) is 13.5. The molecule has 0 aromatic heterocycles. The summed E-state index contributed by atoms with van der Waals surface area (Å²) in [7, 11) is 1.52. The zero-order chi connectivity index (χ0) is 12.8. The summed E-state index contributed by atoms with van der Waals surface area (Å²) in [4.78, 5) is 11.4. The number of nitrogens with one attached hydrogen (secondary N) is 1. The molecule has 0 heterocycles. The maximum atomic E-state index is 12.8. The standard InChI is InChI=1S/C11H12F3NO2/c1-17-4-2-3-15-11(16)7-5-8(12)10(14)9(13)6-7/h5-6H,2-4H2,1H3,(H,15,16). The van der Waals surface area contributed by atoms with Crippen molar-refractivity contribution in [2.75, 3.05) is 20.3 Å². The van der Waals surface area contributed by atoms with Crippen LogP contribution < -0.4 is 5.32 Å². The van der Waals surface area contributed by atoms with Crippen LogP contribution in [0, 0.1) is 17.5 Å². The molecule has 0 fully saturated rings. The molecule has 0 aliphatic heterocycles. The molecule has 0 aliphatic rings. The number of carbonyl (C=O) groups excluding carboxylic acids is 1. The van der Waals surface area contributed by atoms with E-state index in [0.717, 1.165) is 0 Å². The maximum Gasteiger partial charge on any atom is 0.251 e. The molecule has 0 bridgehead atoms. The van der Waals surface area contributed by atoms with Crippen molar-refractivity contribution in [2.45, 2.75) is 6.42 Å². The third-order valence-corrected chi connectivity index (χ3v) is 2.06. The van der Waals surface area contributed by atoms with E-state index in [4.69, 9.17) is 4.74 Å². The fourth-order valence-corrected chi connectivity index (χ4v) is 1.21. The zero-order valence-corrected chi connectivity index (χ0v) is 9.23. The van der Waals surface area contributed by atoms with Gasteiger partial charge in [0.1, 0.15) is 0 Å². The number of amides is 1. The molecule has 1 aromatic carbocycles. The average Bonchev–Trinajstić information content (AvgIpc) is 2.30. The maximum absolute atomic E-state index is 12.8. The Morgan fingerprint density at radius 1 is 1.29 bits per heavy atom. The molecule has 0 aliphatic carbocycles. The first-order chi connectivity index (χ1) is 8.06. The van der Waals surface area contributed by atoms with Crippen molar-refractivity contribution in [1.82, 2.24) is 5.32 Å². The molecule has 1 rings (SSSR count). The Bertz CT molecular complexity index is 387. The summed E-state index contributed by atoms with van der Waals surface area (Å²) in [6.07, 6.45) is 0.578. The molecule has 1 N–H and O–H groups in total. The molecule has 0 radical (unpaired) electrons. The summed E-state index contributed by atoms with van der Waals surface area (Å²) in [5.41, 5.74) is -0.251. The highest BCUT2D eigenvalue weighted by Gasteiger charge is 2.14. The molecule has 17 heavy (non-hydrogen) atoms. The van der Waals surface area contributed by atoms with Gasteiger partial charge in [-0.05, 0) is 18.6 Å². The van der Waals surface area contributed by atoms with Gasteiger partial charge in [0.25, 0.3) is 5.91 Å². The fourth-order valence-electron chi connectivity index (χ4n) is 1.21. The normalized spacial score (nSPS) is 10.4. The molecular formula is C11H12F3NO2. The van der Waals surface area contributed by atoms with Crippen molar-refractivity contribution in [3.63, 3.8) is 0 Å². The third kappa shape index (κ3) is 3.74. The number of ether oxygens (including phenoxy) is 1. The monoisotopic (exact) mass is 247 g/mol. The van der Waals surface area contributed by atoms with E-state index in [1.807, 2.05) is 0 Å². The Labute approximate surface area is 96.6 Å². The summed E-state index contributed by atoms with van der Waals surface area (Å²) in [6.45, 7) is 0.777. The first-order valence-electron chi connectivity index (χ1n) is 4.98. The predicted molar refractivity (Wildman–Crippen MR) is 55.1 cm³/mol. The quantitative estimate of drug-likeness (QED) is 0.637. The Morgan fingerprint density at radius 3 is 2.41 bits per heavy atom. The van der Waals surface area contributed by atoms with Gasteiger partial charge in [0, 0.05) is 25.8 Å². The molecule has 3 nitrogen and oxygen atoms in total. The number of hydrogen-bond acceptors (Lipinski definition) is 2. The van der Waals surface area contributed by atoms with Gasteiger partial charge in [-0.2, -0.15) is 0 Å². The number of methoxy groups -OCH3 is 1. The Kier molecular flexibility index (Phi) is 4.96. The van der Waals surface area contributed by atoms with Gasteiger partial charge >= 0.3 is 0 Å². The lowest BCUT2D eigenvalue weighted by atomic mass is 10.2. The second-order valence-corrected chi connectivity index (χ2v) is 3.36. The largest absolute Gasteiger partial charge is 0.385 e. The highest BCUT2D eigenvalue weighted by Crippen LogP contribution is 2.13. The number of hydrogen-bond donors (Lipinski definition) is 1. The Hall–Kier alpha value is -1.56. The number of rotatable bonds is 5. The second kappa shape index (κ2) is 6.24. The highest BCUT2D eigenvalue weighted by atomic mass is 19.2. The van der Waals surface area contributed by atoms with Crippen LogP contribution in [-0.4, -0.2) is 26.2 Å². The van der Waals surface area contributed by atoms with Crippen LogP contribution in [0.4, 0.5) is 13.2 Å². The number of halogens is 3. The molecule has 94 valence electrons. The summed E-state index contributed by atoms with van der Waals surface area (Å²) >= 11 is 0. The lowest BCUT2D eigenvalue weighted by Crippen LogP contribution is -2.25. The SMILES string of the molecule is COCCCNC(=O)c1cc(F)c(F)c(F)c1. The summed E-state index contributed by atoms with van der Waals surface area (Å²) in [5, 5.41) is 2.43. The molecule has 0 atom stereocenters. The topological polar surface area (TPSA) is 38.3 Å². The van der Waals surface area contributed by atoms with Gasteiger partial charge < -0.3 is 10.1 Å². The summed E-state index contributed by atoms with van der Waals surface area (Å²) < 4.78 is 43.0. The van der Waals surface area contributed by atoms with Crippen LogP contribution in [0.2, 0.25) is 0 Å². The van der Waals surface area contributed by atoms with Crippen molar-refractivity contribution in [3.05, 3.63) is 35.1 Å². The molecule has 1 amide bonds. The zero-order valence-electron chi connectivity index (χ0n) is 9.23. The van der Waals surface area contributed by atoms with E-state index in [2.05, 4.69) is 5.32 Å². The van der Waals surface area contributed by atoms with Crippen molar-refractivity contribution in [3.8, 4) is 0 Å². The predicted octanol–water partition coefficient (Wildman–Crippen LogP) is 1.87. The molecule has 0 spiro atoms. The lowest BCUT2D eigenvalue weighted by Gasteiger charge is -2.05. The summed E-state index contributed by atoms with van der Waals surface area (Å²) in [5.74, 6) is -5.00. The van der Waals surface area contributed by atoms with Gasteiger partial charge in [0.15, 0.2) is 17.5 Å². The minimum Gasteiger partial charge on any atom is -0.385 e. The average molecular weight is 247 g/mol. The second-order valence-electron chi connectivity index (χ2n) is 3.36. The van der Waals surface area contributed by atoms with Gasteiger partial charge in [0.05, 0.1) is 0 Å².